The second-order valence-corrected chi connectivity index (χ2v) is 6.53. The van der Waals surface area contributed by atoms with E-state index >= 15 is 0 Å². The zero-order valence-electron chi connectivity index (χ0n) is 11.8. The van der Waals surface area contributed by atoms with E-state index in [0.29, 0.717) is 14.9 Å². The number of amides is 1. The first-order valence-electron chi connectivity index (χ1n) is 6.84. The van der Waals surface area contributed by atoms with Crippen molar-refractivity contribution in [2.75, 3.05) is 4.90 Å². The highest BCUT2D eigenvalue weighted by Gasteiger charge is 2.33. The molecule has 1 amide bonds. The van der Waals surface area contributed by atoms with Crippen LogP contribution in [0.1, 0.15) is 5.56 Å². The number of hydrogen-bond donors (Lipinski definition) is 0. The van der Waals surface area contributed by atoms with Gasteiger partial charge in [0.2, 0.25) is 0 Å². The normalized spacial score (nSPS) is 16.7. The minimum atomic E-state index is -0.136. The van der Waals surface area contributed by atoms with Gasteiger partial charge in [0.25, 0.3) is 5.91 Å². The van der Waals surface area contributed by atoms with Crippen LogP contribution in [0.5, 0.6) is 0 Å². The fourth-order valence-electron chi connectivity index (χ4n) is 2.38. The number of aromatic nitrogens is 3. The molecule has 0 atom stereocenters. The topological polar surface area (TPSA) is 50.5 Å². The number of rotatable bonds is 2. The Bertz CT molecular complexity index is 949. The SMILES string of the molecule is O=C1/C(=C\c2cnn3ccccc23)SC(=S)N1c1cccnc1. The van der Waals surface area contributed by atoms with Gasteiger partial charge in [-0.2, -0.15) is 5.10 Å². The van der Waals surface area contributed by atoms with Crippen LogP contribution in [0.4, 0.5) is 5.69 Å². The maximum Gasteiger partial charge on any atom is 0.270 e. The lowest BCUT2D eigenvalue weighted by Gasteiger charge is -2.13. The molecule has 112 valence electrons. The standard InChI is InChI=1S/C16H10N4OS2/c21-15-14(8-11-9-18-19-7-2-1-5-13(11)19)23-16(22)20(15)12-4-3-6-17-10-12/h1-10H/b14-8+. The van der Waals surface area contributed by atoms with Crippen molar-refractivity contribution in [1.29, 1.82) is 0 Å². The van der Waals surface area contributed by atoms with E-state index in [-0.39, 0.29) is 5.91 Å². The van der Waals surface area contributed by atoms with E-state index < -0.39 is 0 Å². The van der Waals surface area contributed by atoms with Crippen LogP contribution in [-0.4, -0.2) is 24.8 Å². The molecule has 0 unspecified atom stereocenters. The van der Waals surface area contributed by atoms with Gasteiger partial charge in [-0.3, -0.25) is 14.7 Å². The van der Waals surface area contributed by atoms with Gasteiger partial charge in [0, 0.05) is 18.0 Å². The number of fused-ring (bicyclic) bond motifs is 1. The summed E-state index contributed by atoms with van der Waals surface area (Å²) in [6.45, 7) is 0. The summed E-state index contributed by atoms with van der Waals surface area (Å²) in [4.78, 5) is 18.8. The first-order chi connectivity index (χ1) is 11.2. The minimum Gasteiger partial charge on any atom is -0.268 e. The smallest absolute Gasteiger partial charge is 0.268 e. The molecule has 1 aliphatic heterocycles. The van der Waals surface area contributed by atoms with Crippen LogP contribution < -0.4 is 4.90 Å². The molecule has 0 aromatic carbocycles. The molecule has 1 saturated heterocycles. The third-order valence-corrected chi connectivity index (χ3v) is 4.74. The first kappa shape index (κ1) is 14.1. The number of carbonyl (C=O) groups excluding carboxylic acids is 1. The van der Waals surface area contributed by atoms with Crippen molar-refractivity contribution >= 4 is 51.5 Å². The Hall–Kier alpha value is -2.51. The first-order valence-corrected chi connectivity index (χ1v) is 8.07. The molecule has 1 fully saturated rings. The van der Waals surface area contributed by atoms with Crippen LogP contribution in [-0.2, 0) is 4.79 Å². The molecule has 4 heterocycles. The van der Waals surface area contributed by atoms with Gasteiger partial charge in [0.15, 0.2) is 4.32 Å². The molecule has 5 nitrogen and oxygen atoms in total. The monoisotopic (exact) mass is 338 g/mol. The number of pyridine rings is 2. The minimum absolute atomic E-state index is 0.136. The van der Waals surface area contributed by atoms with Gasteiger partial charge in [-0.25, -0.2) is 4.52 Å². The van der Waals surface area contributed by atoms with Gasteiger partial charge >= 0.3 is 0 Å². The van der Waals surface area contributed by atoms with Crippen molar-refractivity contribution in [3.8, 4) is 0 Å². The van der Waals surface area contributed by atoms with Gasteiger partial charge < -0.3 is 0 Å². The fourth-order valence-corrected chi connectivity index (χ4v) is 3.67. The molecule has 3 aromatic rings. The highest BCUT2D eigenvalue weighted by molar-refractivity contribution is 8.27. The van der Waals surface area contributed by atoms with Crippen molar-refractivity contribution < 1.29 is 4.79 Å². The molecule has 0 N–H and O–H groups in total. The maximum absolute atomic E-state index is 12.7. The zero-order chi connectivity index (χ0) is 15.8. The Kier molecular flexibility index (Phi) is 3.44. The molecule has 3 aromatic heterocycles. The molecule has 7 heteroatoms. The van der Waals surface area contributed by atoms with Crippen molar-refractivity contribution in [3.05, 3.63) is 65.6 Å². The average Bonchev–Trinajstić information content (AvgIpc) is 3.10. The maximum atomic E-state index is 12.7. The zero-order valence-corrected chi connectivity index (χ0v) is 13.4. The number of nitrogens with zero attached hydrogens (tertiary/aromatic N) is 4. The number of hydrogen-bond acceptors (Lipinski definition) is 5. The van der Waals surface area contributed by atoms with Crippen LogP contribution in [0.15, 0.2) is 60.0 Å². The number of thiocarbonyl (C=S) groups is 1. The van der Waals surface area contributed by atoms with E-state index in [9.17, 15) is 4.79 Å². The quantitative estimate of drug-likeness (QED) is 0.531. The number of thioether (sulfide) groups is 1. The third kappa shape index (κ3) is 2.43. The van der Waals surface area contributed by atoms with Crippen LogP contribution in [0.25, 0.3) is 11.6 Å². The lowest BCUT2D eigenvalue weighted by molar-refractivity contribution is -0.113. The molecule has 4 rings (SSSR count). The van der Waals surface area contributed by atoms with Crippen molar-refractivity contribution in [1.82, 2.24) is 14.6 Å². The number of anilines is 1. The van der Waals surface area contributed by atoms with E-state index in [1.165, 1.54) is 16.7 Å². The van der Waals surface area contributed by atoms with E-state index in [1.807, 2.05) is 36.5 Å². The average molecular weight is 338 g/mol. The van der Waals surface area contributed by atoms with E-state index in [0.717, 1.165) is 11.1 Å². The van der Waals surface area contributed by atoms with Crippen molar-refractivity contribution in [3.63, 3.8) is 0 Å². The predicted molar refractivity (Wildman–Crippen MR) is 95.1 cm³/mol. The van der Waals surface area contributed by atoms with Gasteiger partial charge in [0.1, 0.15) is 0 Å². The summed E-state index contributed by atoms with van der Waals surface area (Å²) in [6.07, 6.45) is 8.73. The Morgan fingerprint density at radius 3 is 2.91 bits per heavy atom. The largest absolute Gasteiger partial charge is 0.270 e. The second kappa shape index (κ2) is 5.60. The lowest BCUT2D eigenvalue weighted by atomic mass is 10.2. The molecule has 0 radical (unpaired) electrons. The van der Waals surface area contributed by atoms with Gasteiger partial charge in [-0.15, -0.1) is 0 Å². The molecule has 23 heavy (non-hydrogen) atoms. The fraction of sp³-hybridized carbons (Fsp3) is 0. The Morgan fingerprint density at radius 1 is 1.17 bits per heavy atom. The van der Waals surface area contributed by atoms with Crippen LogP contribution in [0.2, 0.25) is 0 Å². The highest BCUT2D eigenvalue weighted by atomic mass is 32.2. The van der Waals surface area contributed by atoms with Gasteiger partial charge in [0.05, 0.1) is 28.5 Å². The summed E-state index contributed by atoms with van der Waals surface area (Å²) < 4.78 is 2.28. The molecular formula is C16H10N4OS2. The molecule has 0 aliphatic carbocycles. The second-order valence-electron chi connectivity index (χ2n) is 4.86. The summed E-state index contributed by atoms with van der Waals surface area (Å²) in [6, 6.07) is 9.40. The van der Waals surface area contributed by atoms with Crippen molar-refractivity contribution in [2.24, 2.45) is 0 Å². The molecular weight excluding hydrogens is 328 g/mol. The van der Waals surface area contributed by atoms with Crippen LogP contribution >= 0.6 is 24.0 Å². The summed E-state index contributed by atoms with van der Waals surface area (Å²) in [5.74, 6) is -0.136. The molecule has 1 aliphatic rings. The summed E-state index contributed by atoms with van der Waals surface area (Å²) in [5.41, 5.74) is 2.51. The molecule has 0 spiro atoms. The highest BCUT2D eigenvalue weighted by Crippen LogP contribution is 2.36. The van der Waals surface area contributed by atoms with Crippen LogP contribution in [0.3, 0.4) is 0 Å². The molecule has 0 saturated carbocycles. The summed E-state index contributed by atoms with van der Waals surface area (Å²) >= 11 is 6.63. The van der Waals surface area contributed by atoms with E-state index in [2.05, 4.69) is 10.1 Å². The Labute approximate surface area is 141 Å². The third-order valence-electron chi connectivity index (χ3n) is 3.44. The number of carbonyl (C=O) groups is 1. The summed E-state index contributed by atoms with van der Waals surface area (Å²) in [5, 5.41) is 4.28. The Balaban J connectivity index is 1.73. The van der Waals surface area contributed by atoms with Gasteiger partial charge in [-0.05, 0) is 30.3 Å². The lowest BCUT2D eigenvalue weighted by Crippen LogP contribution is -2.27. The molecule has 0 bridgehead atoms. The van der Waals surface area contributed by atoms with Crippen LogP contribution in [0, 0.1) is 0 Å². The predicted octanol–water partition coefficient (Wildman–Crippen LogP) is 3.14. The van der Waals surface area contributed by atoms with E-state index in [1.54, 1.807) is 29.2 Å². The van der Waals surface area contributed by atoms with Gasteiger partial charge in [-0.1, -0.05) is 30.0 Å². The van der Waals surface area contributed by atoms with E-state index in [4.69, 9.17) is 12.2 Å². The Morgan fingerprint density at radius 2 is 2.09 bits per heavy atom. The summed E-state index contributed by atoms with van der Waals surface area (Å²) in [7, 11) is 0. The van der Waals surface area contributed by atoms with Crippen molar-refractivity contribution in [2.45, 2.75) is 0 Å².